The van der Waals surface area contributed by atoms with Crippen LogP contribution < -0.4 is 0 Å². The second-order valence-electron chi connectivity index (χ2n) is 3.15. The van der Waals surface area contributed by atoms with Gasteiger partial charge < -0.3 is 4.74 Å². The Balaban J connectivity index is 1.89. The molecule has 0 saturated heterocycles. The maximum atomic E-state index is 11.0. The van der Waals surface area contributed by atoms with Crippen molar-refractivity contribution in [1.29, 1.82) is 0 Å². The van der Waals surface area contributed by atoms with E-state index in [4.69, 9.17) is 4.74 Å². The second-order valence-corrected chi connectivity index (χ2v) is 3.15. The van der Waals surface area contributed by atoms with Crippen molar-refractivity contribution < 1.29 is 9.53 Å². The Kier molecular flexibility index (Phi) is 3.57. The van der Waals surface area contributed by atoms with Crippen molar-refractivity contribution in [2.45, 2.75) is 32.6 Å². The zero-order chi connectivity index (χ0) is 8.10. The maximum Gasteiger partial charge on any atom is 0.161 e. The van der Waals surface area contributed by atoms with Gasteiger partial charge in [0.05, 0.1) is 0 Å². The van der Waals surface area contributed by atoms with Gasteiger partial charge in [0.2, 0.25) is 0 Å². The highest BCUT2D eigenvalue weighted by atomic mass is 16.5. The lowest BCUT2D eigenvalue weighted by Crippen LogP contribution is -2.10. The third-order valence-electron chi connectivity index (χ3n) is 1.92. The molecule has 0 aromatic rings. The Hall–Kier alpha value is -0.370. The number of Topliss-reactive ketones (excluding diaryl/α,β-unsaturated/α-hetero) is 1. The molecule has 1 saturated carbocycles. The van der Waals surface area contributed by atoms with Crippen LogP contribution in [0.15, 0.2) is 0 Å². The van der Waals surface area contributed by atoms with E-state index in [9.17, 15) is 4.79 Å². The van der Waals surface area contributed by atoms with Gasteiger partial charge in [-0.3, -0.25) is 4.79 Å². The minimum atomic E-state index is 0.307. The van der Waals surface area contributed by atoms with Crippen molar-refractivity contribution in [3.05, 3.63) is 0 Å². The molecule has 0 radical (unpaired) electrons. The molecule has 0 amide bonds. The average molecular weight is 156 g/mol. The van der Waals surface area contributed by atoms with Crippen molar-refractivity contribution in [2.75, 3.05) is 13.2 Å². The molecule has 0 bridgehead atoms. The van der Waals surface area contributed by atoms with Gasteiger partial charge in [-0.05, 0) is 19.3 Å². The van der Waals surface area contributed by atoms with E-state index < -0.39 is 0 Å². The highest BCUT2D eigenvalue weighted by Gasteiger charge is 2.28. The Bertz CT molecular complexity index is 128. The van der Waals surface area contributed by atoms with Crippen molar-refractivity contribution in [3.63, 3.8) is 0 Å². The Labute approximate surface area is 67.9 Å². The number of hydrogen-bond donors (Lipinski definition) is 0. The van der Waals surface area contributed by atoms with Gasteiger partial charge in [0.25, 0.3) is 0 Å². The molecule has 1 aliphatic carbocycles. The molecule has 1 aliphatic rings. The monoisotopic (exact) mass is 156 g/mol. The molecular formula is C9H16O2. The van der Waals surface area contributed by atoms with E-state index in [0.717, 1.165) is 32.3 Å². The summed E-state index contributed by atoms with van der Waals surface area (Å²) >= 11 is 0. The third kappa shape index (κ3) is 3.51. The summed E-state index contributed by atoms with van der Waals surface area (Å²) in [6, 6.07) is 0. The first kappa shape index (κ1) is 8.72. The summed E-state index contributed by atoms with van der Waals surface area (Å²) in [6.45, 7) is 3.21. The quantitative estimate of drug-likeness (QED) is 0.548. The van der Waals surface area contributed by atoms with Crippen LogP contribution in [-0.4, -0.2) is 19.0 Å². The first-order valence-electron chi connectivity index (χ1n) is 4.45. The summed E-state index contributed by atoms with van der Waals surface area (Å²) in [5.41, 5.74) is 0. The number of rotatable bonds is 6. The first-order chi connectivity index (χ1) is 5.34. The lowest BCUT2D eigenvalue weighted by Gasteiger charge is -2.00. The van der Waals surface area contributed by atoms with E-state index in [1.165, 1.54) is 0 Å². The number of carbonyl (C=O) groups is 1. The summed E-state index contributed by atoms with van der Waals surface area (Å²) in [6.07, 6.45) is 4.39. The molecule has 11 heavy (non-hydrogen) atoms. The van der Waals surface area contributed by atoms with E-state index in [0.29, 0.717) is 18.3 Å². The minimum absolute atomic E-state index is 0.307. The molecule has 0 spiro atoms. The molecule has 0 aromatic carbocycles. The predicted octanol–water partition coefficient (Wildman–Crippen LogP) is 1.78. The topological polar surface area (TPSA) is 26.3 Å². The maximum absolute atomic E-state index is 11.0. The van der Waals surface area contributed by atoms with Crippen LogP contribution in [0.5, 0.6) is 0 Å². The van der Waals surface area contributed by atoms with Crippen molar-refractivity contribution in [1.82, 2.24) is 0 Å². The zero-order valence-corrected chi connectivity index (χ0v) is 7.14. The van der Waals surface area contributed by atoms with Gasteiger partial charge in [0.15, 0.2) is 5.78 Å². The van der Waals surface area contributed by atoms with Crippen molar-refractivity contribution in [2.24, 2.45) is 5.92 Å². The molecule has 0 N–H and O–H groups in total. The van der Waals surface area contributed by atoms with Crippen LogP contribution in [0, 0.1) is 5.92 Å². The van der Waals surface area contributed by atoms with E-state index >= 15 is 0 Å². The molecule has 2 heteroatoms. The van der Waals surface area contributed by atoms with Crippen LogP contribution in [0.25, 0.3) is 0 Å². The highest BCUT2D eigenvalue weighted by Crippen LogP contribution is 2.29. The fourth-order valence-corrected chi connectivity index (χ4v) is 0.942. The lowest BCUT2D eigenvalue weighted by atomic mass is 10.3. The van der Waals surface area contributed by atoms with Gasteiger partial charge >= 0.3 is 0 Å². The SMILES string of the molecule is CCCCOCC(=O)C1CC1. The Morgan fingerprint density at radius 1 is 1.55 bits per heavy atom. The molecule has 0 heterocycles. The number of unbranched alkanes of at least 4 members (excludes halogenated alkanes) is 1. The minimum Gasteiger partial charge on any atom is -0.374 e. The summed E-state index contributed by atoms with van der Waals surface area (Å²) in [7, 11) is 0. The fourth-order valence-electron chi connectivity index (χ4n) is 0.942. The molecule has 0 aliphatic heterocycles. The molecule has 0 aromatic heterocycles. The van der Waals surface area contributed by atoms with Crippen LogP contribution in [0.3, 0.4) is 0 Å². The predicted molar refractivity (Wildman–Crippen MR) is 43.5 cm³/mol. The van der Waals surface area contributed by atoms with Gasteiger partial charge in [-0.15, -0.1) is 0 Å². The zero-order valence-electron chi connectivity index (χ0n) is 7.14. The second kappa shape index (κ2) is 4.50. The van der Waals surface area contributed by atoms with Crippen LogP contribution in [0.4, 0.5) is 0 Å². The van der Waals surface area contributed by atoms with Crippen molar-refractivity contribution in [3.8, 4) is 0 Å². The number of ketones is 1. The van der Waals surface area contributed by atoms with Crippen LogP contribution >= 0.6 is 0 Å². The molecular weight excluding hydrogens is 140 g/mol. The van der Waals surface area contributed by atoms with Crippen LogP contribution in [-0.2, 0) is 9.53 Å². The molecule has 1 rings (SSSR count). The largest absolute Gasteiger partial charge is 0.374 e. The molecule has 64 valence electrons. The van der Waals surface area contributed by atoms with E-state index in [1.807, 2.05) is 0 Å². The highest BCUT2D eigenvalue weighted by molar-refractivity contribution is 5.84. The van der Waals surface area contributed by atoms with E-state index in [-0.39, 0.29) is 0 Å². The van der Waals surface area contributed by atoms with Gasteiger partial charge in [-0.25, -0.2) is 0 Å². The van der Waals surface area contributed by atoms with Crippen LogP contribution in [0.1, 0.15) is 32.6 Å². The van der Waals surface area contributed by atoms with Gasteiger partial charge in [0.1, 0.15) is 6.61 Å². The van der Waals surface area contributed by atoms with E-state index in [2.05, 4.69) is 6.92 Å². The number of hydrogen-bond acceptors (Lipinski definition) is 2. The average Bonchev–Trinajstić information content (AvgIpc) is 2.79. The number of carbonyl (C=O) groups excluding carboxylic acids is 1. The van der Waals surface area contributed by atoms with Crippen LogP contribution in [0.2, 0.25) is 0 Å². The molecule has 0 atom stereocenters. The van der Waals surface area contributed by atoms with Gasteiger partial charge in [0, 0.05) is 12.5 Å². The summed E-state index contributed by atoms with van der Waals surface area (Å²) < 4.78 is 5.19. The normalized spacial score (nSPS) is 16.8. The fraction of sp³-hybridized carbons (Fsp3) is 0.889. The number of ether oxygens (including phenoxy) is 1. The molecule has 2 nitrogen and oxygen atoms in total. The Morgan fingerprint density at radius 3 is 2.82 bits per heavy atom. The smallest absolute Gasteiger partial charge is 0.161 e. The molecule has 0 unspecified atom stereocenters. The van der Waals surface area contributed by atoms with E-state index in [1.54, 1.807) is 0 Å². The summed E-state index contributed by atoms with van der Waals surface area (Å²) in [5, 5.41) is 0. The standard InChI is InChI=1S/C9H16O2/c1-2-3-6-11-7-9(10)8-4-5-8/h8H,2-7H2,1H3. The first-order valence-corrected chi connectivity index (χ1v) is 4.45. The summed E-state index contributed by atoms with van der Waals surface area (Å²) in [4.78, 5) is 11.0. The van der Waals surface area contributed by atoms with Gasteiger partial charge in [-0.1, -0.05) is 13.3 Å². The Morgan fingerprint density at radius 2 is 2.27 bits per heavy atom. The summed E-state index contributed by atoms with van der Waals surface area (Å²) in [5.74, 6) is 0.665. The van der Waals surface area contributed by atoms with Crippen molar-refractivity contribution >= 4 is 5.78 Å². The third-order valence-corrected chi connectivity index (χ3v) is 1.92. The molecule has 1 fully saturated rings. The van der Waals surface area contributed by atoms with Gasteiger partial charge in [-0.2, -0.15) is 0 Å². The lowest BCUT2D eigenvalue weighted by molar-refractivity contribution is -0.124.